The van der Waals surface area contributed by atoms with Gasteiger partial charge in [-0.3, -0.25) is 4.90 Å². The molecule has 0 radical (unpaired) electrons. The highest BCUT2D eigenvalue weighted by Gasteiger charge is 2.46. The summed E-state index contributed by atoms with van der Waals surface area (Å²) in [7, 11) is 1.68. The summed E-state index contributed by atoms with van der Waals surface area (Å²) in [4.78, 5) is 3.09. The van der Waals surface area contributed by atoms with E-state index in [0.717, 1.165) is 19.3 Å². The normalized spacial score (nSPS) is 27.1. The molecule has 2 rings (SSSR count). The molecular formula is C14H21F3N2O. The topological polar surface area (TPSA) is 26.7 Å². The fraction of sp³-hybridized carbons (Fsp3) is 0.714. The van der Waals surface area contributed by atoms with Crippen molar-refractivity contribution >= 4 is 0 Å². The van der Waals surface area contributed by atoms with Gasteiger partial charge >= 0.3 is 6.18 Å². The quantitative estimate of drug-likeness (QED) is 0.846. The van der Waals surface area contributed by atoms with Crippen LogP contribution in [-0.2, 0) is 0 Å². The molecule has 114 valence electrons. The van der Waals surface area contributed by atoms with E-state index < -0.39 is 12.2 Å². The first-order valence-electron chi connectivity index (χ1n) is 6.95. The average molecular weight is 290 g/mol. The van der Waals surface area contributed by atoms with Crippen molar-refractivity contribution in [1.29, 1.82) is 0 Å². The second-order valence-corrected chi connectivity index (χ2v) is 5.58. The standard InChI is InChI=1S/C14H21F3N2O/c1-10-12(20)8-11(9-18(10)2)13(14(15,16)17)19-6-4-3-5-7-19/h8-10,13,20H,3-7H2,1-2H3. The third kappa shape index (κ3) is 3.11. The van der Waals surface area contributed by atoms with Gasteiger partial charge in [-0.1, -0.05) is 6.42 Å². The number of rotatable bonds is 2. The molecule has 0 aromatic rings. The maximum Gasteiger partial charge on any atom is 0.408 e. The number of aliphatic hydroxyl groups excluding tert-OH is 1. The van der Waals surface area contributed by atoms with E-state index in [1.165, 1.54) is 17.2 Å². The van der Waals surface area contributed by atoms with Crippen molar-refractivity contribution in [2.75, 3.05) is 20.1 Å². The summed E-state index contributed by atoms with van der Waals surface area (Å²) < 4.78 is 40.3. The summed E-state index contributed by atoms with van der Waals surface area (Å²) >= 11 is 0. The van der Waals surface area contributed by atoms with Crippen molar-refractivity contribution in [3.8, 4) is 0 Å². The monoisotopic (exact) mass is 290 g/mol. The summed E-state index contributed by atoms with van der Waals surface area (Å²) in [6, 6.07) is -1.91. The van der Waals surface area contributed by atoms with Gasteiger partial charge in [-0.2, -0.15) is 13.2 Å². The Morgan fingerprint density at radius 3 is 2.35 bits per heavy atom. The Morgan fingerprint density at radius 1 is 1.25 bits per heavy atom. The zero-order chi connectivity index (χ0) is 14.9. The summed E-state index contributed by atoms with van der Waals surface area (Å²) in [5.74, 6) is -0.0174. The molecule has 2 unspecified atom stereocenters. The van der Waals surface area contributed by atoms with E-state index in [4.69, 9.17) is 0 Å². The van der Waals surface area contributed by atoms with E-state index in [1.807, 2.05) is 0 Å². The van der Waals surface area contributed by atoms with Gasteiger partial charge < -0.3 is 10.0 Å². The van der Waals surface area contributed by atoms with Gasteiger partial charge in [0.1, 0.15) is 11.8 Å². The molecule has 1 saturated heterocycles. The SMILES string of the molecule is CC1C(O)=CC(C(N2CCCCC2)C(F)(F)F)=CN1C. The molecule has 1 N–H and O–H groups in total. The molecule has 0 aliphatic carbocycles. The maximum atomic E-state index is 13.4. The second-order valence-electron chi connectivity index (χ2n) is 5.58. The van der Waals surface area contributed by atoms with Gasteiger partial charge in [-0.25, -0.2) is 0 Å². The average Bonchev–Trinajstić information content (AvgIpc) is 2.35. The lowest BCUT2D eigenvalue weighted by molar-refractivity contribution is -0.174. The maximum absolute atomic E-state index is 13.4. The minimum Gasteiger partial charge on any atom is -0.510 e. The van der Waals surface area contributed by atoms with Gasteiger partial charge in [0.05, 0.1) is 6.04 Å². The number of alkyl halides is 3. The fourth-order valence-electron chi connectivity index (χ4n) is 2.82. The van der Waals surface area contributed by atoms with Gasteiger partial charge in [0, 0.05) is 13.2 Å². The highest BCUT2D eigenvalue weighted by Crippen LogP contribution is 2.34. The van der Waals surface area contributed by atoms with E-state index >= 15 is 0 Å². The number of hydrogen-bond donors (Lipinski definition) is 1. The lowest BCUT2D eigenvalue weighted by Gasteiger charge is -2.38. The molecule has 0 bridgehead atoms. The molecule has 2 heterocycles. The molecule has 3 nitrogen and oxygen atoms in total. The van der Waals surface area contributed by atoms with Crippen LogP contribution in [0, 0.1) is 0 Å². The highest BCUT2D eigenvalue weighted by atomic mass is 19.4. The Morgan fingerprint density at radius 2 is 1.85 bits per heavy atom. The van der Waals surface area contributed by atoms with Crippen LogP contribution in [0.3, 0.4) is 0 Å². The summed E-state index contributed by atoms with van der Waals surface area (Å²) in [6.45, 7) is 2.66. The van der Waals surface area contributed by atoms with Crippen LogP contribution in [0.1, 0.15) is 26.2 Å². The van der Waals surface area contributed by atoms with Crippen LogP contribution in [0.15, 0.2) is 23.6 Å². The Labute approximate surface area is 117 Å². The lowest BCUT2D eigenvalue weighted by Crippen LogP contribution is -2.50. The Bertz CT molecular complexity index is 411. The first kappa shape index (κ1) is 15.2. The van der Waals surface area contributed by atoms with Crippen molar-refractivity contribution < 1.29 is 18.3 Å². The summed E-state index contributed by atoms with van der Waals surface area (Å²) in [6.07, 6.45) is 1.01. The second kappa shape index (κ2) is 5.68. The Hall–Kier alpha value is -1.17. The summed E-state index contributed by atoms with van der Waals surface area (Å²) in [5.41, 5.74) is 0.123. The van der Waals surface area contributed by atoms with E-state index in [9.17, 15) is 18.3 Å². The van der Waals surface area contributed by atoms with Crippen molar-refractivity contribution in [2.24, 2.45) is 0 Å². The van der Waals surface area contributed by atoms with Crippen molar-refractivity contribution in [3.05, 3.63) is 23.6 Å². The van der Waals surface area contributed by atoms with Crippen molar-refractivity contribution in [1.82, 2.24) is 9.80 Å². The van der Waals surface area contributed by atoms with Gasteiger partial charge in [-0.05, 0) is 44.5 Å². The predicted molar refractivity (Wildman–Crippen MR) is 71.3 cm³/mol. The first-order chi connectivity index (χ1) is 9.30. The Balaban J connectivity index is 2.30. The minimum atomic E-state index is -4.33. The molecule has 2 aliphatic heterocycles. The molecule has 2 atom stereocenters. The molecule has 1 fully saturated rings. The molecule has 2 aliphatic rings. The van der Waals surface area contributed by atoms with Crippen LogP contribution >= 0.6 is 0 Å². The minimum absolute atomic E-state index is 0.0174. The van der Waals surface area contributed by atoms with E-state index in [-0.39, 0.29) is 17.4 Å². The number of likely N-dealkylation sites (tertiary alicyclic amines) is 1. The van der Waals surface area contributed by atoms with E-state index in [0.29, 0.717) is 13.1 Å². The van der Waals surface area contributed by atoms with Crippen molar-refractivity contribution in [2.45, 2.75) is 44.4 Å². The van der Waals surface area contributed by atoms with Crippen LogP contribution in [-0.4, -0.2) is 53.3 Å². The smallest absolute Gasteiger partial charge is 0.408 e. The van der Waals surface area contributed by atoms with Crippen molar-refractivity contribution in [3.63, 3.8) is 0 Å². The first-order valence-corrected chi connectivity index (χ1v) is 6.95. The number of likely N-dealkylation sites (N-methyl/N-ethyl adjacent to an activating group) is 1. The Kier molecular flexibility index (Phi) is 4.32. The van der Waals surface area contributed by atoms with Crippen LogP contribution in [0.25, 0.3) is 0 Å². The number of halogens is 3. The molecule has 0 aromatic heterocycles. The van der Waals surface area contributed by atoms with Gasteiger partial charge in [0.2, 0.25) is 0 Å². The van der Waals surface area contributed by atoms with E-state index in [1.54, 1.807) is 18.9 Å². The third-order valence-electron chi connectivity index (χ3n) is 4.09. The van der Waals surface area contributed by atoms with E-state index in [2.05, 4.69) is 0 Å². The van der Waals surface area contributed by atoms with Crippen LogP contribution < -0.4 is 0 Å². The molecule has 0 saturated carbocycles. The summed E-state index contributed by atoms with van der Waals surface area (Å²) in [5, 5.41) is 9.82. The van der Waals surface area contributed by atoms with Gasteiger partial charge in [-0.15, -0.1) is 0 Å². The molecular weight excluding hydrogens is 269 g/mol. The fourth-order valence-corrected chi connectivity index (χ4v) is 2.82. The predicted octanol–water partition coefficient (Wildman–Crippen LogP) is 3.06. The zero-order valence-electron chi connectivity index (χ0n) is 11.8. The molecule has 0 aromatic carbocycles. The third-order valence-corrected chi connectivity index (χ3v) is 4.09. The van der Waals surface area contributed by atoms with Crippen LogP contribution in [0.5, 0.6) is 0 Å². The number of piperidine rings is 1. The van der Waals surface area contributed by atoms with Crippen LogP contribution in [0.4, 0.5) is 13.2 Å². The molecule has 0 amide bonds. The van der Waals surface area contributed by atoms with Gasteiger partial charge in [0.15, 0.2) is 0 Å². The zero-order valence-corrected chi connectivity index (χ0v) is 11.8. The largest absolute Gasteiger partial charge is 0.510 e. The lowest BCUT2D eigenvalue weighted by atomic mass is 9.98. The van der Waals surface area contributed by atoms with Gasteiger partial charge in [0.25, 0.3) is 0 Å². The number of aliphatic hydroxyl groups is 1. The number of hydrogen-bond acceptors (Lipinski definition) is 3. The van der Waals surface area contributed by atoms with Crippen LogP contribution in [0.2, 0.25) is 0 Å². The number of nitrogens with zero attached hydrogens (tertiary/aromatic N) is 2. The molecule has 6 heteroatoms. The molecule has 0 spiro atoms. The highest BCUT2D eigenvalue weighted by molar-refractivity contribution is 5.33. The molecule has 20 heavy (non-hydrogen) atoms.